The van der Waals surface area contributed by atoms with Crippen LogP contribution in [0.2, 0.25) is 5.02 Å². The van der Waals surface area contributed by atoms with Gasteiger partial charge in [-0.3, -0.25) is 0 Å². The third-order valence-electron chi connectivity index (χ3n) is 2.30. The van der Waals surface area contributed by atoms with Crippen LogP contribution in [0.5, 0.6) is 5.75 Å². The maximum atomic E-state index is 5.82. The molecule has 0 radical (unpaired) electrons. The molecular weight excluding hydrogens is 276 g/mol. The van der Waals surface area contributed by atoms with E-state index in [1.807, 2.05) is 54.6 Å². The van der Waals surface area contributed by atoms with E-state index in [0.29, 0.717) is 6.61 Å². The quantitative estimate of drug-likeness (QED) is 0.604. The third-order valence-corrected chi connectivity index (χ3v) is 3.45. The van der Waals surface area contributed by atoms with Gasteiger partial charge in [0.25, 0.3) is 0 Å². The average Bonchev–Trinajstić information content (AvgIpc) is 2.46. The SMILES string of the molecule is Clc1ccc(SCC#CCOc2ccccc2)cc1. The number of rotatable bonds is 4. The zero-order valence-electron chi connectivity index (χ0n) is 10.3. The van der Waals surface area contributed by atoms with Gasteiger partial charge in [0.2, 0.25) is 0 Å². The van der Waals surface area contributed by atoms with Crippen molar-refractivity contribution >= 4 is 23.4 Å². The highest BCUT2D eigenvalue weighted by atomic mass is 35.5. The monoisotopic (exact) mass is 288 g/mol. The smallest absolute Gasteiger partial charge is 0.149 e. The van der Waals surface area contributed by atoms with Gasteiger partial charge in [0.15, 0.2) is 0 Å². The Morgan fingerprint density at radius 3 is 2.42 bits per heavy atom. The van der Waals surface area contributed by atoms with Crippen molar-refractivity contribution in [2.24, 2.45) is 0 Å². The fourth-order valence-corrected chi connectivity index (χ4v) is 2.18. The molecule has 0 aliphatic carbocycles. The first kappa shape index (κ1) is 13.9. The summed E-state index contributed by atoms with van der Waals surface area (Å²) in [6.45, 7) is 0.422. The molecule has 0 atom stereocenters. The molecule has 0 bridgehead atoms. The van der Waals surface area contributed by atoms with Crippen LogP contribution in [0.3, 0.4) is 0 Å². The van der Waals surface area contributed by atoms with Crippen LogP contribution in [0, 0.1) is 11.8 Å². The normalized spacial score (nSPS) is 9.53. The number of thioether (sulfide) groups is 1. The van der Waals surface area contributed by atoms with Gasteiger partial charge in [-0.1, -0.05) is 41.6 Å². The molecule has 0 aromatic heterocycles. The second-order valence-corrected chi connectivity index (χ2v) is 5.18. The predicted octanol–water partition coefficient (Wildman–Crippen LogP) is 4.51. The molecule has 2 aromatic carbocycles. The summed E-state index contributed by atoms with van der Waals surface area (Å²) < 4.78 is 5.47. The molecule has 0 saturated heterocycles. The molecule has 2 aromatic rings. The molecule has 2 rings (SSSR count). The summed E-state index contributed by atoms with van der Waals surface area (Å²) in [5.74, 6) is 7.67. The van der Waals surface area contributed by atoms with Crippen molar-refractivity contribution in [3.05, 3.63) is 59.6 Å². The van der Waals surface area contributed by atoms with Crippen LogP contribution in [0.4, 0.5) is 0 Å². The Kier molecular flexibility index (Phi) is 5.68. The summed E-state index contributed by atoms with van der Waals surface area (Å²) >= 11 is 7.51. The first-order valence-electron chi connectivity index (χ1n) is 5.86. The maximum Gasteiger partial charge on any atom is 0.149 e. The zero-order valence-corrected chi connectivity index (χ0v) is 11.9. The highest BCUT2D eigenvalue weighted by Gasteiger charge is 1.91. The van der Waals surface area contributed by atoms with Crippen molar-refractivity contribution in [2.45, 2.75) is 4.90 Å². The van der Waals surface area contributed by atoms with Crippen molar-refractivity contribution in [3.63, 3.8) is 0 Å². The molecule has 0 heterocycles. The lowest BCUT2D eigenvalue weighted by atomic mass is 10.3. The van der Waals surface area contributed by atoms with Gasteiger partial charge in [-0.15, -0.1) is 11.8 Å². The molecule has 3 heteroatoms. The van der Waals surface area contributed by atoms with Gasteiger partial charge in [-0.05, 0) is 36.4 Å². The van der Waals surface area contributed by atoms with Gasteiger partial charge >= 0.3 is 0 Å². The first-order valence-corrected chi connectivity index (χ1v) is 7.23. The summed E-state index contributed by atoms with van der Waals surface area (Å²) in [6, 6.07) is 17.4. The third kappa shape index (κ3) is 5.30. The van der Waals surface area contributed by atoms with Crippen molar-refractivity contribution < 1.29 is 4.74 Å². The molecule has 0 aliphatic heterocycles. The van der Waals surface area contributed by atoms with Crippen LogP contribution in [0.1, 0.15) is 0 Å². The Labute approximate surface area is 122 Å². The maximum absolute atomic E-state index is 5.82. The molecule has 0 spiro atoms. The van der Waals surface area contributed by atoms with E-state index in [1.165, 1.54) is 4.90 Å². The largest absolute Gasteiger partial charge is 0.481 e. The van der Waals surface area contributed by atoms with Gasteiger partial charge in [0.1, 0.15) is 12.4 Å². The van der Waals surface area contributed by atoms with Crippen LogP contribution in [0.15, 0.2) is 59.5 Å². The van der Waals surface area contributed by atoms with Crippen molar-refractivity contribution in [3.8, 4) is 17.6 Å². The lowest BCUT2D eigenvalue weighted by Gasteiger charge is -1.99. The fraction of sp³-hybridized carbons (Fsp3) is 0.125. The minimum Gasteiger partial charge on any atom is -0.481 e. The number of para-hydroxylation sites is 1. The second kappa shape index (κ2) is 7.78. The highest BCUT2D eigenvalue weighted by molar-refractivity contribution is 7.99. The number of hydrogen-bond donors (Lipinski definition) is 0. The van der Waals surface area contributed by atoms with Gasteiger partial charge in [-0.25, -0.2) is 0 Å². The van der Waals surface area contributed by atoms with E-state index in [1.54, 1.807) is 11.8 Å². The molecule has 1 nitrogen and oxygen atoms in total. The van der Waals surface area contributed by atoms with Gasteiger partial charge in [-0.2, -0.15) is 0 Å². The molecule has 96 valence electrons. The fourth-order valence-electron chi connectivity index (χ4n) is 1.39. The summed E-state index contributed by atoms with van der Waals surface area (Å²) in [4.78, 5) is 1.17. The Morgan fingerprint density at radius 2 is 1.68 bits per heavy atom. The molecule has 0 amide bonds. The Morgan fingerprint density at radius 1 is 0.947 bits per heavy atom. The second-order valence-electron chi connectivity index (χ2n) is 3.70. The number of ether oxygens (including phenoxy) is 1. The van der Waals surface area contributed by atoms with E-state index in [2.05, 4.69) is 11.8 Å². The molecular formula is C16H13ClOS. The van der Waals surface area contributed by atoms with Gasteiger partial charge < -0.3 is 4.74 Å². The van der Waals surface area contributed by atoms with E-state index >= 15 is 0 Å². The van der Waals surface area contributed by atoms with Gasteiger partial charge in [0.05, 0.1) is 5.75 Å². The Bertz CT molecular complexity index is 555. The van der Waals surface area contributed by atoms with Crippen molar-refractivity contribution in [1.82, 2.24) is 0 Å². The summed E-state index contributed by atoms with van der Waals surface area (Å²) in [5, 5.41) is 0.756. The highest BCUT2D eigenvalue weighted by Crippen LogP contribution is 2.19. The molecule has 19 heavy (non-hydrogen) atoms. The number of benzene rings is 2. The number of halogens is 1. The predicted molar refractivity (Wildman–Crippen MR) is 81.9 cm³/mol. The van der Waals surface area contributed by atoms with Crippen molar-refractivity contribution in [1.29, 1.82) is 0 Å². The minimum absolute atomic E-state index is 0.422. The average molecular weight is 289 g/mol. The zero-order chi connectivity index (χ0) is 13.3. The van der Waals surface area contributed by atoms with Crippen LogP contribution >= 0.6 is 23.4 Å². The van der Waals surface area contributed by atoms with Crippen LogP contribution in [-0.4, -0.2) is 12.4 Å². The molecule has 0 unspecified atom stereocenters. The number of hydrogen-bond acceptors (Lipinski definition) is 2. The van der Waals surface area contributed by atoms with Crippen LogP contribution < -0.4 is 4.74 Å². The molecule has 0 aliphatic rings. The minimum atomic E-state index is 0.422. The topological polar surface area (TPSA) is 9.23 Å². The van der Waals surface area contributed by atoms with E-state index in [4.69, 9.17) is 16.3 Å². The molecule has 0 fully saturated rings. The lowest BCUT2D eigenvalue weighted by Crippen LogP contribution is -1.93. The van der Waals surface area contributed by atoms with Crippen LogP contribution in [-0.2, 0) is 0 Å². The summed E-state index contributed by atoms with van der Waals surface area (Å²) in [7, 11) is 0. The Hall–Kier alpha value is -1.56. The van der Waals surface area contributed by atoms with E-state index in [9.17, 15) is 0 Å². The molecule has 0 saturated carbocycles. The lowest BCUT2D eigenvalue weighted by molar-refractivity contribution is 0.370. The standard InChI is InChI=1S/C16H13ClOS/c17-14-8-10-16(11-9-14)19-13-5-4-12-18-15-6-2-1-3-7-15/h1-3,6-11H,12-13H2. The Balaban J connectivity index is 1.69. The van der Waals surface area contributed by atoms with E-state index in [0.717, 1.165) is 16.5 Å². The van der Waals surface area contributed by atoms with Gasteiger partial charge in [0, 0.05) is 9.92 Å². The molecule has 0 N–H and O–H groups in total. The van der Waals surface area contributed by atoms with E-state index in [-0.39, 0.29) is 0 Å². The summed E-state index contributed by atoms with van der Waals surface area (Å²) in [6.07, 6.45) is 0. The van der Waals surface area contributed by atoms with Crippen LogP contribution in [0.25, 0.3) is 0 Å². The van der Waals surface area contributed by atoms with E-state index < -0.39 is 0 Å². The van der Waals surface area contributed by atoms with Crippen molar-refractivity contribution in [2.75, 3.05) is 12.4 Å². The first-order chi connectivity index (χ1) is 9.34. The summed E-state index contributed by atoms with van der Waals surface area (Å²) in [5.41, 5.74) is 0.